The lowest BCUT2D eigenvalue weighted by Gasteiger charge is -2.29. The predicted octanol–water partition coefficient (Wildman–Crippen LogP) is 5.50. The van der Waals surface area contributed by atoms with Crippen molar-refractivity contribution in [3.63, 3.8) is 0 Å². The van der Waals surface area contributed by atoms with Crippen molar-refractivity contribution in [2.45, 2.75) is 19.6 Å². The zero-order chi connectivity index (χ0) is 24.2. The molecule has 35 heavy (non-hydrogen) atoms. The molecule has 0 radical (unpaired) electrons. The van der Waals surface area contributed by atoms with Gasteiger partial charge in [0.15, 0.2) is 0 Å². The maximum Gasteiger partial charge on any atom is 0.338 e. The number of nitrogens with one attached hydrogen (secondary N) is 1. The smallest absolute Gasteiger partial charge is 0.338 e. The van der Waals surface area contributed by atoms with Crippen LogP contribution >= 0.6 is 11.6 Å². The van der Waals surface area contributed by atoms with Gasteiger partial charge in [0.2, 0.25) is 5.95 Å². The van der Waals surface area contributed by atoms with Crippen LogP contribution in [0.3, 0.4) is 0 Å². The molecule has 0 bridgehead atoms. The molecule has 3 aromatic carbocycles. The van der Waals surface area contributed by atoms with Gasteiger partial charge in [-0.25, -0.2) is 9.48 Å². The highest BCUT2D eigenvalue weighted by molar-refractivity contribution is 6.31. The number of aromatic nitrogens is 3. The maximum absolute atomic E-state index is 13.2. The van der Waals surface area contributed by atoms with Gasteiger partial charge in [0.05, 0.1) is 17.9 Å². The lowest BCUT2D eigenvalue weighted by Crippen LogP contribution is -2.30. The van der Waals surface area contributed by atoms with Crippen molar-refractivity contribution in [3.05, 3.63) is 112 Å². The van der Waals surface area contributed by atoms with E-state index in [1.807, 2.05) is 78.9 Å². The number of hydrogen-bond donors (Lipinski definition) is 1. The molecule has 0 saturated carbocycles. The van der Waals surface area contributed by atoms with Gasteiger partial charge < -0.3 is 14.8 Å². The second-order valence-electron chi connectivity index (χ2n) is 7.88. The minimum absolute atomic E-state index is 0.260. The molecule has 1 aliphatic heterocycles. The molecular weight excluding hydrogens is 464 g/mol. The fourth-order valence-corrected chi connectivity index (χ4v) is 4.24. The molecule has 0 fully saturated rings. The van der Waals surface area contributed by atoms with Gasteiger partial charge in [0, 0.05) is 10.6 Å². The summed E-state index contributed by atoms with van der Waals surface area (Å²) in [5.41, 5.74) is 3.72. The van der Waals surface area contributed by atoms with Gasteiger partial charge in [0.25, 0.3) is 0 Å². The predicted molar refractivity (Wildman–Crippen MR) is 134 cm³/mol. The number of carbonyl (C=O) groups is 1. The average Bonchev–Trinajstić information content (AvgIpc) is 3.37. The summed E-state index contributed by atoms with van der Waals surface area (Å²) >= 11 is 6.24. The van der Waals surface area contributed by atoms with E-state index in [9.17, 15) is 4.79 Å². The number of rotatable bonds is 7. The molecule has 1 aliphatic rings. The van der Waals surface area contributed by atoms with Crippen molar-refractivity contribution >= 4 is 29.2 Å². The molecule has 0 aliphatic carbocycles. The van der Waals surface area contributed by atoms with Gasteiger partial charge in [-0.1, -0.05) is 72.3 Å². The minimum Gasteiger partial charge on any atom is -0.489 e. The Hall–Kier alpha value is -4.10. The molecule has 4 aromatic rings. The molecule has 176 valence electrons. The number of benzene rings is 3. The molecule has 0 saturated heterocycles. The number of anilines is 1. The first-order valence-electron chi connectivity index (χ1n) is 11.2. The Labute approximate surface area is 208 Å². The Morgan fingerprint density at radius 2 is 1.77 bits per heavy atom. The first kappa shape index (κ1) is 22.7. The third-order valence-electron chi connectivity index (χ3n) is 5.70. The van der Waals surface area contributed by atoms with Crippen LogP contribution in [-0.2, 0) is 16.1 Å². The summed E-state index contributed by atoms with van der Waals surface area (Å²) in [4.78, 5) is 17.6. The molecule has 8 heteroatoms. The molecule has 0 unspecified atom stereocenters. The van der Waals surface area contributed by atoms with E-state index >= 15 is 0 Å². The molecule has 1 atom stereocenters. The van der Waals surface area contributed by atoms with Crippen molar-refractivity contribution in [2.24, 2.45) is 0 Å². The number of hydrogen-bond acceptors (Lipinski definition) is 6. The topological polar surface area (TPSA) is 78.3 Å². The molecule has 5 rings (SSSR count). The lowest BCUT2D eigenvalue weighted by atomic mass is 9.93. The number of esters is 1. The molecular formula is C27H23ClN4O3. The second kappa shape index (κ2) is 10.0. The SMILES string of the molecule is CCOC(=O)C1=C(c2ccccc2)Nc2ncnn2[C@H]1c1ccc(OCc2ccccc2Cl)cc1. The van der Waals surface area contributed by atoms with E-state index in [1.165, 1.54) is 6.33 Å². The summed E-state index contributed by atoms with van der Waals surface area (Å²) in [5, 5.41) is 8.33. The summed E-state index contributed by atoms with van der Waals surface area (Å²) < 4.78 is 13.1. The van der Waals surface area contributed by atoms with Gasteiger partial charge in [-0.2, -0.15) is 10.1 Å². The van der Waals surface area contributed by atoms with E-state index in [2.05, 4.69) is 15.4 Å². The monoisotopic (exact) mass is 486 g/mol. The Morgan fingerprint density at radius 3 is 2.51 bits per heavy atom. The van der Waals surface area contributed by atoms with Crippen molar-refractivity contribution in [3.8, 4) is 5.75 Å². The van der Waals surface area contributed by atoms with Crippen molar-refractivity contribution < 1.29 is 14.3 Å². The summed E-state index contributed by atoms with van der Waals surface area (Å²) in [6.07, 6.45) is 1.47. The number of halogens is 1. The second-order valence-corrected chi connectivity index (χ2v) is 8.29. The molecule has 0 spiro atoms. The third-order valence-corrected chi connectivity index (χ3v) is 6.07. The highest BCUT2D eigenvalue weighted by Gasteiger charge is 2.36. The highest BCUT2D eigenvalue weighted by Crippen LogP contribution is 2.39. The summed E-state index contributed by atoms with van der Waals surface area (Å²) in [5.74, 6) is 0.816. The average molecular weight is 487 g/mol. The van der Waals surface area contributed by atoms with E-state index in [4.69, 9.17) is 21.1 Å². The Morgan fingerprint density at radius 1 is 1.03 bits per heavy atom. The van der Waals surface area contributed by atoms with Crippen LogP contribution in [0.2, 0.25) is 5.02 Å². The van der Waals surface area contributed by atoms with Crippen LogP contribution in [0.4, 0.5) is 5.95 Å². The fraction of sp³-hybridized carbons (Fsp3) is 0.148. The molecule has 1 N–H and O–H groups in total. The maximum atomic E-state index is 13.2. The number of nitrogens with zero attached hydrogens (tertiary/aromatic N) is 3. The molecule has 7 nitrogen and oxygen atoms in total. The van der Waals surface area contributed by atoms with Gasteiger partial charge >= 0.3 is 5.97 Å². The first-order valence-corrected chi connectivity index (χ1v) is 11.6. The first-order chi connectivity index (χ1) is 17.2. The third kappa shape index (κ3) is 4.63. The van der Waals surface area contributed by atoms with E-state index in [0.717, 1.165) is 16.7 Å². The number of carbonyl (C=O) groups excluding carboxylic acids is 1. The number of fused-ring (bicyclic) bond motifs is 1. The van der Waals surface area contributed by atoms with E-state index < -0.39 is 12.0 Å². The molecule has 1 aromatic heterocycles. The van der Waals surface area contributed by atoms with Crippen LogP contribution in [-0.4, -0.2) is 27.3 Å². The zero-order valence-electron chi connectivity index (χ0n) is 19.0. The van der Waals surface area contributed by atoms with Crippen LogP contribution < -0.4 is 10.1 Å². The van der Waals surface area contributed by atoms with Crippen LogP contribution in [0.1, 0.15) is 29.7 Å². The van der Waals surface area contributed by atoms with Gasteiger partial charge in [-0.05, 0) is 36.2 Å². The van der Waals surface area contributed by atoms with Crippen LogP contribution in [0.5, 0.6) is 5.75 Å². The van der Waals surface area contributed by atoms with E-state index in [0.29, 0.717) is 34.6 Å². The van der Waals surface area contributed by atoms with Gasteiger partial charge in [-0.15, -0.1) is 0 Å². The lowest BCUT2D eigenvalue weighted by molar-refractivity contribution is -0.138. The number of ether oxygens (including phenoxy) is 2. The largest absolute Gasteiger partial charge is 0.489 e. The Kier molecular flexibility index (Phi) is 6.50. The van der Waals surface area contributed by atoms with Crippen molar-refractivity contribution in [1.82, 2.24) is 14.8 Å². The van der Waals surface area contributed by atoms with Crippen LogP contribution in [0, 0.1) is 0 Å². The quantitative estimate of drug-likeness (QED) is 0.347. The van der Waals surface area contributed by atoms with Gasteiger partial charge in [0.1, 0.15) is 24.7 Å². The van der Waals surface area contributed by atoms with Crippen LogP contribution in [0.25, 0.3) is 5.70 Å². The Balaban J connectivity index is 1.52. The summed E-state index contributed by atoms with van der Waals surface area (Å²) in [6.45, 7) is 2.40. The highest BCUT2D eigenvalue weighted by atomic mass is 35.5. The van der Waals surface area contributed by atoms with E-state index in [1.54, 1.807) is 11.6 Å². The fourth-order valence-electron chi connectivity index (χ4n) is 4.05. The standard InChI is InChI=1S/C27H23ClN4O3/c1-2-34-26(33)23-24(18-8-4-3-5-9-18)31-27-29-17-30-32(27)25(23)19-12-14-21(15-13-19)35-16-20-10-6-7-11-22(20)28/h3-15,17,25H,2,16H2,1H3,(H,29,30,31)/t25-/m0/s1. The van der Waals surface area contributed by atoms with E-state index in [-0.39, 0.29) is 6.61 Å². The minimum atomic E-state index is -0.527. The summed E-state index contributed by atoms with van der Waals surface area (Å²) in [6, 6.07) is 24.3. The van der Waals surface area contributed by atoms with Crippen molar-refractivity contribution in [1.29, 1.82) is 0 Å². The van der Waals surface area contributed by atoms with Crippen molar-refractivity contribution in [2.75, 3.05) is 11.9 Å². The van der Waals surface area contributed by atoms with Crippen LogP contribution in [0.15, 0.2) is 90.8 Å². The normalized spacial score (nSPS) is 14.7. The zero-order valence-corrected chi connectivity index (χ0v) is 19.8. The Bertz CT molecular complexity index is 1370. The molecule has 0 amide bonds. The van der Waals surface area contributed by atoms with Gasteiger partial charge in [-0.3, -0.25) is 0 Å². The summed E-state index contributed by atoms with van der Waals surface area (Å²) in [7, 11) is 0. The molecule has 2 heterocycles.